The summed E-state index contributed by atoms with van der Waals surface area (Å²) in [7, 11) is 0. The highest BCUT2D eigenvalue weighted by Crippen LogP contribution is 2.24. The number of rotatable bonds is 5. The lowest BCUT2D eigenvalue weighted by atomic mass is 10.1. The fourth-order valence-corrected chi connectivity index (χ4v) is 3.41. The maximum atomic E-state index is 12.9. The van der Waals surface area contributed by atoms with Crippen LogP contribution >= 0.6 is 11.6 Å². The van der Waals surface area contributed by atoms with Crippen molar-refractivity contribution < 1.29 is 19.0 Å². The molecule has 0 spiro atoms. The lowest BCUT2D eigenvalue weighted by Gasteiger charge is -2.23. The number of aromatic nitrogens is 1. The fraction of sp³-hybridized carbons (Fsp3) is 0.231. The van der Waals surface area contributed by atoms with Gasteiger partial charge in [-0.15, -0.1) is 0 Å². The number of amides is 1. The van der Waals surface area contributed by atoms with Crippen molar-refractivity contribution in [2.75, 3.05) is 31.7 Å². The van der Waals surface area contributed by atoms with Gasteiger partial charge in [-0.3, -0.25) is 4.79 Å². The number of halogens is 1. The fourth-order valence-electron chi connectivity index (χ4n) is 3.20. The molecule has 4 rings (SSSR count). The standard InChI is InChI=1S/C26H23ClN2O4/c1-18-13-20(8-7-19-5-3-2-4-6-19)15-28-25(18)29-26(30)23-14-21(9-10-24(23)27)33-17-22-16-31-11-12-32-22/h2-6,9-10,13-15,22H,11-12,16-17H2,1H3,(H,28,29,30). The first kappa shape index (κ1) is 22.8. The van der Waals surface area contributed by atoms with E-state index in [1.165, 1.54) is 0 Å². The Bertz CT molecular complexity index is 1180. The van der Waals surface area contributed by atoms with Gasteiger partial charge in [-0.1, -0.05) is 41.6 Å². The summed E-state index contributed by atoms with van der Waals surface area (Å²) in [6, 6.07) is 16.5. The third-order valence-electron chi connectivity index (χ3n) is 4.94. The molecule has 0 aliphatic carbocycles. The quantitative estimate of drug-likeness (QED) is 0.566. The summed E-state index contributed by atoms with van der Waals surface area (Å²) in [4.78, 5) is 17.2. The van der Waals surface area contributed by atoms with Gasteiger partial charge in [0, 0.05) is 17.3 Å². The van der Waals surface area contributed by atoms with E-state index in [2.05, 4.69) is 22.1 Å². The van der Waals surface area contributed by atoms with Gasteiger partial charge in [0.15, 0.2) is 0 Å². The highest BCUT2D eigenvalue weighted by atomic mass is 35.5. The summed E-state index contributed by atoms with van der Waals surface area (Å²) in [5.74, 6) is 6.78. The monoisotopic (exact) mass is 462 g/mol. The maximum absolute atomic E-state index is 12.9. The van der Waals surface area contributed by atoms with Crippen LogP contribution in [0.3, 0.4) is 0 Å². The number of nitrogens with one attached hydrogen (secondary N) is 1. The van der Waals surface area contributed by atoms with Crippen molar-refractivity contribution in [1.29, 1.82) is 0 Å². The van der Waals surface area contributed by atoms with Crippen LogP contribution in [0.1, 0.15) is 27.0 Å². The van der Waals surface area contributed by atoms with Gasteiger partial charge >= 0.3 is 0 Å². The average molecular weight is 463 g/mol. The molecule has 0 bridgehead atoms. The molecule has 0 radical (unpaired) electrons. The number of ether oxygens (including phenoxy) is 3. The number of nitrogens with zero attached hydrogens (tertiary/aromatic N) is 1. The van der Waals surface area contributed by atoms with E-state index in [-0.39, 0.29) is 12.0 Å². The van der Waals surface area contributed by atoms with Crippen molar-refractivity contribution >= 4 is 23.3 Å². The molecule has 1 amide bonds. The van der Waals surface area contributed by atoms with E-state index in [0.717, 1.165) is 16.7 Å². The second-order valence-corrected chi connectivity index (χ2v) is 7.89. The van der Waals surface area contributed by atoms with E-state index in [0.29, 0.717) is 48.6 Å². The number of carbonyl (C=O) groups is 1. The zero-order valence-corrected chi connectivity index (χ0v) is 18.9. The summed E-state index contributed by atoms with van der Waals surface area (Å²) in [6.07, 6.45) is 1.49. The summed E-state index contributed by atoms with van der Waals surface area (Å²) in [6.45, 7) is 3.82. The Kier molecular flexibility index (Phi) is 7.59. The van der Waals surface area contributed by atoms with Gasteiger partial charge in [0.05, 0.1) is 30.4 Å². The molecule has 1 aliphatic heterocycles. The molecule has 0 saturated carbocycles. The first-order valence-corrected chi connectivity index (χ1v) is 10.9. The number of aryl methyl sites for hydroxylation is 1. The van der Waals surface area contributed by atoms with Crippen LogP contribution in [-0.4, -0.2) is 43.4 Å². The molecule has 33 heavy (non-hydrogen) atoms. The number of hydrogen-bond donors (Lipinski definition) is 1. The zero-order valence-electron chi connectivity index (χ0n) is 18.1. The predicted octanol–water partition coefficient (Wildman–Crippen LogP) is 4.49. The molecule has 6 nitrogen and oxygen atoms in total. The lowest BCUT2D eigenvalue weighted by Crippen LogP contribution is -2.33. The van der Waals surface area contributed by atoms with Crippen LogP contribution in [0.15, 0.2) is 60.8 Å². The van der Waals surface area contributed by atoms with E-state index < -0.39 is 0 Å². The average Bonchev–Trinajstić information content (AvgIpc) is 2.85. The van der Waals surface area contributed by atoms with Gasteiger partial charge in [-0.05, 0) is 48.9 Å². The SMILES string of the molecule is Cc1cc(C#Cc2ccccc2)cnc1NC(=O)c1cc(OCC2COCCO2)ccc1Cl. The van der Waals surface area contributed by atoms with Crippen LogP contribution in [-0.2, 0) is 9.47 Å². The molecule has 2 heterocycles. The van der Waals surface area contributed by atoms with Gasteiger partial charge in [0.25, 0.3) is 5.91 Å². The predicted molar refractivity (Wildman–Crippen MR) is 127 cm³/mol. The van der Waals surface area contributed by atoms with E-state index in [9.17, 15) is 4.79 Å². The minimum atomic E-state index is -0.374. The van der Waals surface area contributed by atoms with Crippen LogP contribution < -0.4 is 10.1 Å². The molecule has 7 heteroatoms. The van der Waals surface area contributed by atoms with Crippen LogP contribution in [0.4, 0.5) is 5.82 Å². The molecule has 1 saturated heterocycles. The molecule has 1 unspecified atom stereocenters. The smallest absolute Gasteiger partial charge is 0.258 e. The van der Waals surface area contributed by atoms with Crippen LogP contribution in [0.2, 0.25) is 5.02 Å². The van der Waals surface area contributed by atoms with Crippen LogP contribution in [0, 0.1) is 18.8 Å². The van der Waals surface area contributed by atoms with E-state index >= 15 is 0 Å². The summed E-state index contributed by atoms with van der Waals surface area (Å²) in [5, 5.41) is 3.14. The third kappa shape index (κ3) is 6.33. The van der Waals surface area contributed by atoms with Gasteiger partial charge in [-0.25, -0.2) is 4.98 Å². The highest BCUT2D eigenvalue weighted by molar-refractivity contribution is 6.34. The number of pyridine rings is 1. The molecule has 1 aliphatic rings. The second kappa shape index (κ2) is 11.0. The highest BCUT2D eigenvalue weighted by Gasteiger charge is 2.17. The van der Waals surface area contributed by atoms with E-state index in [4.69, 9.17) is 25.8 Å². The van der Waals surface area contributed by atoms with Gasteiger partial charge in [0.1, 0.15) is 24.3 Å². The first-order valence-electron chi connectivity index (χ1n) is 10.6. The van der Waals surface area contributed by atoms with Crippen molar-refractivity contribution in [3.05, 3.63) is 88.1 Å². The normalized spacial score (nSPS) is 15.3. The molecule has 168 valence electrons. The topological polar surface area (TPSA) is 69.7 Å². The number of hydrogen-bond acceptors (Lipinski definition) is 5. The molecule has 1 atom stereocenters. The summed E-state index contributed by atoms with van der Waals surface area (Å²) >= 11 is 6.27. The molecular weight excluding hydrogens is 440 g/mol. The first-order chi connectivity index (χ1) is 16.1. The van der Waals surface area contributed by atoms with Crippen molar-refractivity contribution in [3.63, 3.8) is 0 Å². The number of carbonyl (C=O) groups excluding carboxylic acids is 1. The van der Waals surface area contributed by atoms with E-state index in [1.54, 1.807) is 24.4 Å². The van der Waals surface area contributed by atoms with E-state index in [1.807, 2.05) is 43.3 Å². The number of benzene rings is 2. The number of anilines is 1. The minimum absolute atomic E-state index is 0.137. The van der Waals surface area contributed by atoms with Crippen LogP contribution in [0.25, 0.3) is 0 Å². The Morgan fingerprint density at radius 1 is 1.15 bits per heavy atom. The molecule has 1 fully saturated rings. The Hall–Kier alpha value is -3.37. The molecule has 2 aromatic carbocycles. The Morgan fingerprint density at radius 3 is 2.73 bits per heavy atom. The summed E-state index contributed by atoms with van der Waals surface area (Å²) in [5.41, 5.74) is 2.77. The van der Waals surface area contributed by atoms with Crippen molar-refractivity contribution in [3.8, 4) is 17.6 Å². The summed E-state index contributed by atoms with van der Waals surface area (Å²) < 4.78 is 16.7. The Morgan fingerprint density at radius 2 is 1.97 bits per heavy atom. The lowest BCUT2D eigenvalue weighted by molar-refractivity contribution is -0.101. The van der Waals surface area contributed by atoms with Gasteiger partial charge in [-0.2, -0.15) is 0 Å². The third-order valence-corrected chi connectivity index (χ3v) is 5.27. The second-order valence-electron chi connectivity index (χ2n) is 7.48. The maximum Gasteiger partial charge on any atom is 0.258 e. The molecular formula is C26H23ClN2O4. The van der Waals surface area contributed by atoms with Crippen molar-refractivity contribution in [1.82, 2.24) is 4.98 Å². The Labute approximate surface area is 197 Å². The largest absolute Gasteiger partial charge is 0.491 e. The van der Waals surface area contributed by atoms with Gasteiger partial charge in [0.2, 0.25) is 0 Å². The van der Waals surface area contributed by atoms with Crippen molar-refractivity contribution in [2.24, 2.45) is 0 Å². The minimum Gasteiger partial charge on any atom is -0.491 e. The molecule has 1 aromatic heterocycles. The van der Waals surface area contributed by atoms with Crippen LogP contribution in [0.5, 0.6) is 5.75 Å². The van der Waals surface area contributed by atoms with Crippen molar-refractivity contribution in [2.45, 2.75) is 13.0 Å². The Balaban J connectivity index is 1.42. The molecule has 1 N–H and O–H groups in total. The molecule has 3 aromatic rings. The zero-order chi connectivity index (χ0) is 23.0. The van der Waals surface area contributed by atoms with Gasteiger partial charge < -0.3 is 19.5 Å².